The minimum atomic E-state index is -0.995. The minimum Gasteiger partial charge on any atom is -0.465 e. The Kier molecular flexibility index (Phi) is 6.91. The second-order valence-electron chi connectivity index (χ2n) is 2.73. The van der Waals surface area contributed by atoms with Crippen molar-refractivity contribution in [1.82, 2.24) is 10.6 Å². The predicted octanol–water partition coefficient (Wildman–Crippen LogP) is 0.213. The average Bonchev–Trinajstić information content (AvgIpc) is 2.33. The van der Waals surface area contributed by atoms with Crippen LogP contribution < -0.4 is 10.6 Å². The molecule has 1 amide bonds. The maximum absolute atomic E-state index is 10.6. The van der Waals surface area contributed by atoms with Crippen LogP contribution in [0.25, 0.3) is 0 Å². The number of carbonyl (C=O) groups excluding carboxylic acids is 1. The van der Waals surface area contributed by atoms with Crippen molar-refractivity contribution in [3.05, 3.63) is 0 Å². The number of ketones is 1. The van der Waals surface area contributed by atoms with E-state index < -0.39 is 6.09 Å². The maximum Gasteiger partial charge on any atom is 0.404 e. The van der Waals surface area contributed by atoms with Gasteiger partial charge in [-0.25, -0.2) is 4.79 Å². The molecule has 0 radical (unpaired) electrons. The first-order chi connectivity index (χ1) is 6.16. The predicted molar refractivity (Wildman–Crippen MR) is 48.8 cm³/mol. The quantitative estimate of drug-likeness (QED) is 0.508. The van der Waals surface area contributed by atoms with Crippen LogP contribution in [-0.4, -0.2) is 37.1 Å². The molecule has 0 aliphatic carbocycles. The van der Waals surface area contributed by atoms with Crippen LogP contribution >= 0.6 is 0 Å². The molecule has 0 atom stereocenters. The average molecular weight is 188 g/mol. The van der Waals surface area contributed by atoms with E-state index in [4.69, 9.17) is 5.11 Å². The van der Waals surface area contributed by atoms with Crippen molar-refractivity contribution in [2.75, 3.05) is 20.1 Å². The molecule has 0 spiro atoms. The summed E-state index contributed by atoms with van der Waals surface area (Å²) >= 11 is 0. The number of carbonyl (C=O) groups is 2. The fraction of sp³-hybridized carbons (Fsp3) is 0.750. The highest BCUT2D eigenvalue weighted by molar-refractivity contribution is 5.80. The Bertz CT molecular complexity index is 161. The standard InChI is InChI=1S/C6H11NO.C2H5NO2/c8-6-3-1-2-4-7-5-6;1-3-2(4)5/h7H,1-5H2;3H,1H3,(H,4,5). The number of amides is 1. The third kappa shape index (κ3) is 8.81. The Hall–Kier alpha value is -1.10. The second-order valence-corrected chi connectivity index (χ2v) is 2.73. The molecule has 0 aromatic rings. The van der Waals surface area contributed by atoms with Gasteiger partial charge in [-0.1, -0.05) is 0 Å². The zero-order valence-electron chi connectivity index (χ0n) is 7.80. The van der Waals surface area contributed by atoms with Gasteiger partial charge in [-0.3, -0.25) is 4.79 Å². The van der Waals surface area contributed by atoms with E-state index in [1.165, 1.54) is 7.05 Å². The Morgan fingerprint density at radius 1 is 1.54 bits per heavy atom. The van der Waals surface area contributed by atoms with Gasteiger partial charge < -0.3 is 15.7 Å². The van der Waals surface area contributed by atoms with Crippen molar-refractivity contribution in [2.45, 2.75) is 19.3 Å². The Morgan fingerprint density at radius 2 is 2.15 bits per heavy atom. The van der Waals surface area contributed by atoms with Gasteiger partial charge in [0.1, 0.15) is 5.78 Å². The Balaban J connectivity index is 0.000000252. The molecule has 1 saturated heterocycles. The van der Waals surface area contributed by atoms with Crippen LogP contribution in [-0.2, 0) is 4.79 Å². The fourth-order valence-electron chi connectivity index (χ4n) is 0.888. The minimum absolute atomic E-state index is 0.363. The van der Waals surface area contributed by atoms with Crippen LogP contribution in [0.2, 0.25) is 0 Å². The molecule has 1 rings (SSSR count). The number of nitrogens with one attached hydrogen (secondary N) is 2. The molecule has 3 N–H and O–H groups in total. The highest BCUT2D eigenvalue weighted by atomic mass is 16.4. The molecule has 0 aromatic heterocycles. The van der Waals surface area contributed by atoms with Crippen molar-refractivity contribution < 1.29 is 14.7 Å². The summed E-state index contributed by atoms with van der Waals surface area (Å²) in [6, 6.07) is 0. The highest BCUT2D eigenvalue weighted by Gasteiger charge is 2.03. The molecule has 1 aliphatic heterocycles. The third-order valence-electron chi connectivity index (χ3n) is 1.60. The van der Waals surface area contributed by atoms with E-state index in [2.05, 4.69) is 5.32 Å². The van der Waals surface area contributed by atoms with Crippen molar-refractivity contribution in [3.8, 4) is 0 Å². The summed E-state index contributed by atoms with van der Waals surface area (Å²) in [5.74, 6) is 0.363. The van der Waals surface area contributed by atoms with Crippen LogP contribution in [0.5, 0.6) is 0 Å². The Morgan fingerprint density at radius 3 is 2.69 bits per heavy atom. The van der Waals surface area contributed by atoms with Gasteiger partial charge >= 0.3 is 6.09 Å². The maximum atomic E-state index is 10.6. The summed E-state index contributed by atoms with van der Waals surface area (Å²) in [4.78, 5) is 19.9. The lowest BCUT2D eigenvalue weighted by Crippen LogP contribution is -2.19. The topological polar surface area (TPSA) is 78.4 Å². The van der Waals surface area contributed by atoms with Crippen LogP contribution in [0, 0.1) is 0 Å². The number of Topliss-reactive ketones (excluding diaryl/α,β-unsaturated/α-hetero) is 1. The summed E-state index contributed by atoms with van der Waals surface area (Å²) < 4.78 is 0. The van der Waals surface area contributed by atoms with E-state index in [9.17, 15) is 9.59 Å². The van der Waals surface area contributed by atoms with E-state index in [0.29, 0.717) is 12.3 Å². The molecule has 0 aromatic carbocycles. The summed E-state index contributed by atoms with van der Waals surface area (Å²) in [5.41, 5.74) is 0. The molecular weight excluding hydrogens is 172 g/mol. The lowest BCUT2D eigenvalue weighted by Gasteiger charge is -1.91. The van der Waals surface area contributed by atoms with E-state index >= 15 is 0 Å². The second kappa shape index (κ2) is 7.54. The molecule has 0 unspecified atom stereocenters. The number of rotatable bonds is 0. The molecular formula is C8H16N2O3. The third-order valence-corrected chi connectivity index (χ3v) is 1.60. The summed E-state index contributed by atoms with van der Waals surface area (Å²) in [7, 11) is 1.35. The van der Waals surface area contributed by atoms with E-state index in [1.807, 2.05) is 5.32 Å². The molecule has 1 aliphatic rings. The van der Waals surface area contributed by atoms with Crippen molar-refractivity contribution in [1.29, 1.82) is 0 Å². The normalized spacial score (nSPS) is 16.5. The highest BCUT2D eigenvalue weighted by Crippen LogP contribution is 1.97. The van der Waals surface area contributed by atoms with E-state index in [-0.39, 0.29) is 0 Å². The molecule has 5 nitrogen and oxygen atoms in total. The van der Waals surface area contributed by atoms with Gasteiger partial charge in [0, 0.05) is 13.5 Å². The van der Waals surface area contributed by atoms with Crippen LogP contribution in [0.3, 0.4) is 0 Å². The lowest BCUT2D eigenvalue weighted by molar-refractivity contribution is -0.117. The number of hydrogen-bond donors (Lipinski definition) is 3. The van der Waals surface area contributed by atoms with Gasteiger partial charge in [0.05, 0.1) is 6.54 Å². The van der Waals surface area contributed by atoms with Gasteiger partial charge in [0.2, 0.25) is 0 Å². The molecule has 1 fully saturated rings. The zero-order valence-corrected chi connectivity index (χ0v) is 7.80. The molecule has 13 heavy (non-hydrogen) atoms. The molecule has 0 bridgehead atoms. The van der Waals surface area contributed by atoms with Gasteiger partial charge in [0.25, 0.3) is 0 Å². The van der Waals surface area contributed by atoms with Crippen LogP contribution in [0.1, 0.15) is 19.3 Å². The van der Waals surface area contributed by atoms with Crippen molar-refractivity contribution >= 4 is 11.9 Å². The number of hydrogen-bond acceptors (Lipinski definition) is 3. The van der Waals surface area contributed by atoms with E-state index in [0.717, 1.165) is 25.8 Å². The van der Waals surface area contributed by atoms with Gasteiger partial charge in [-0.05, 0) is 19.4 Å². The first-order valence-electron chi connectivity index (χ1n) is 4.30. The first kappa shape index (κ1) is 11.9. The molecule has 76 valence electrons. The monoisotopic (exact) mass is 188 g/mol. The van der Waals surface area contributed by atoms with Gasteiger partial charge in [-0.2, -0.15) is 0 Å². The smallest absolute Gasteiger partial charge is 0.404 e. The first-order valence-corrected chi connectivity index (χ1v) is 4.30. The number of carboxylic acid groups (broad SMARTS) is 1. The van der Waals surface area contributed by atoms with E-state index in [1.54, 1.807) is 0 Å². The largest absolute Gasteiger partial charge is 0.465 e. The van der Waals surface area contributed by atoms with Crippen molar-refractivity contribution in [2.24, 2.45) is 0 Å². The Labute approximate surface area is 77.5 Å². The molecule has 5 heteroatoms. The van der Waals surface area contributed by atoms with Crippen LogP contribution in [0.4, 0.5) is 4.79 Å². The van der Waals surface area contributed by atoms with Gasteiger partial charge in [0.15, 0.2) is 0 Å². The van der Waals surface area contributed by atoms with Crippen molar-refractivity contribution in [3.63, 3.8) is 0 Å². The zero-order chi connectivity index (χ0) is 10.1. The van der Waals surface area contributed by atoms with Gasteiger partial charge in [-0.15, -0.1) is 0 Å². The summed E-state index contributed by atoms with van der Waals surface area (Å²) in [6.07, 6.45) is 2.02. The molecule has 1 heterocycles. The SMILES string of the molecule is CNC(=O)O.O=C1CCCCNC1. The summed E-state index contributed by atoms with van der Waals surface area (Å²) in [5, 5.41) is 12.6. The van der Waals surface area contributed by atoms with Crippen LogP contribution in [0.15, 0.2) is 0 Å². The summed E-state index contributed by atoms with van der Waals surface area (Å²) in [6.45, 7) is 1.62. The fourth-order valence-corrected chi connectivity index (χ4v) is 0.888. The molecule has 0 saturated carbocycles. The lowest BCUT2D eigenvalue weighted by atomic mass is 10.2.